The van der Waals surface area contributed by atoms with E-state index in [1.165, 1.54) is 73.6 Å². The van der Waals surface area contributed by atoms with Crippen molar-refractivity contribution in [3.05, 3.63) is 165 Å². The zero-order valence-corrected chi connectivity index (χ0v) is 30.7. The molecule has 0 aliphatic carbocycles. The number of nitrogen functional groups attached to an aromatic ring is 1. The Labute approximate surface area is 337 Å². The van der Waals surface area contributed by atoms with E-state index in [1.807, 2.05) is 0 Å². The van der Waals surface area contributed by atoms with E-state index in [2.05, 4.69) is 45.2 Å². The van der Waals surface area contributed by atoms with Crippen LogP contribution in [0.3, 0.4) is 0 Å². The number of amides is 1. The second-order valence-electron chi connectivity index (χ2n) is 12.4. The van der Waals surface area contributed by atoms with E-state index in [9.17, 15) is 45.5 Å². The van der Waals surface area contributed by atoms with Crippen molar-refractivity contribution in [2.45, 2.75) is 12.4 Å². The Hall–Kier alpha value is -8.36. The number of anilines is 2. The van der Waals surface area contributed by atoms with Crippen molar-refractivity contribution in [3.8, 4) is 22.8 Å². The van der Waals surface area contributed by atoms with Crippen LogP contribution in [0.2, 0.25) is 0 Å². The van der Waals surface area contributed by atoms with Crippen molar-refractivity contribution in [2.24, 2.45) is 0 Å². The maximum atomic E-state index is 13.0. The summed E-state index contributed by atoms with van der Waals surface area (Å²) in [7, 11) is 0. The average molecular weight is 841 g/mol. The lowest BCUT2D eigenvalue weighted by Gasteiger charge is -2.11. The van der Waals surface area contributed by atoms with Crippen molar-refractivity contribution in [1.82, 2.24) is 39.9 Å². The molecule has 0 atom stereocenters. The Morgan fingerprint density at radius 2 is 1.10 bits per heavy atom. The second kappa shape index (κ2) is 17.6. The number of hydrogen-bond donors (Lipinski definition) is 5. The second-order valence-corrected chi connectivity index (χ2v) is 12.4. The fourth-order valence-electron chi connectivity index (χ4n) is 5.42. The lowest BCUT2D eigenvalue weighted by Crippen LogP contribution is -2.16. The molecule has 0 saturated heterocycles. The highest BCUT2D eigenvalue weighted by molar-refractivity contribution is 6.07. The lowest BCUT2D eigenvalue weighted by molar-refractivity contribution is -0.138. The monoisotopic (exact) mass is 840 g/mol. The number of nitrogens with zero attached hydrogens (tertiary/aromatic N) is 6. The van der Waals surface area contributed by atoms with Gasteiger partial charge in [-0.15, -0.1) is 0 Å². The zero-order valence-electron chi connectivity index (χ0n) is 30.7. The van der Waals surface area contributed by atoms with Crippen molar-refractivity contribution in [2.75, 3.05) is 11.1 Å². The number of carboxylic acids is 1. The Bertz CT molecular complexity index is 3000. The number of aromatic carboxylic acids is 1. The van der Waals surface area contributed by atoms with Gasteiger partial charge in [0, 0.05) is 35.9 Å². The molecule has 8 aromatic rings. The lowest BCUT2D eigenvalue weighted by atomic mass is 10.1. The SMILES string of the molecule is Nc1cccc2c(=O)[nH]c(-c3cccc(C(F)(F)F)c3)nc12.O=C(Nc1cccc2c(=O)[nH]c(-c3cccc(C(F)(F)F)c3)nc12)c1cnccn1.O=C(O)c1cnccn1. The van der Waals surface area contributed by atoms with Crippen LogP contribution in [0.4, 0.5) is 37.7 Å². The molecule has 0 aliphatic rings. The van der Waals surface area contributed by atoms with Crippen LogP contribution >= 0.6 is 0 Å². The number of benzene rings is 4. The van der Waals surface area contributed by atoms with Crippen LogP contribution in [0.15, 0.2) is 132 Å². The Kier molecular flexibility index (Phi) is 12.2. The van der Waals surface area contributed by atoms with E-state index in [-0.39, 0.29) is 67.3 Å². The summed E-state index contributed by atoms with van der Waals surface area (Å²) in [5, 5.41) is 11.3. The van der Waals surface area contributed by atoms with Crippen LogP contribution in [0.25, 0.3) is 44.6 Å². The Morgan fingerprint density at radius 3 is 1.57 bits per heavy atom. The summed E-state index contributed by atoms with van der Waals surface area (Å²) in [6, 6.07) is 18.3. The largest absolute Gasteiger partial charge is 0.476 e. The predicted octanol–water partition coefficient (Wildman–Crippen LogP) is 7.02. The molecule has 4 heterocycles. The molecule has 4 aromatic carbocycles. The van der Waals surface area contributed by atoms with Crippen molar-refractivity contribution >= 4 is 45.1 Å². The van der Waals surface area contributed by atoms with Crippen molar-refractivity contribution in [1.29, 1.82) is 0 Å². The van der Waals surface area contributed by atoms with Gasteiger partial charge in [-0.05, 0) is 48.5 Å². The number of carbonyl (C=O) groups excluding carboxylic acids is 1. The minimum atomic E-state index is -4.54. The van der Waals surface area contributed by atoms with Crippen LogP contribution in [-0.4, -0.2) is 56.9 Å². The summed E-state index contributed by atoms with van der Waals surface area (Å²) in [5.74, 6) is -1.64. The first kappa shape index (κ1) is 42.3. The molecule has 1 amide bonds. The van der Waals surface area contributed by atoms with Gasteiger partial charge in [0.05, 0.1) is 45.7 Å². The summed E-state index contributed by atoms with van der Waals surface area (Å²) in [6.45, 7) is 0. The Balaban J connectivity index is 0.000000175. The number of aromatic amines is 2. The molecule has 0 unspecified atom stereocenters. The maximum Gasteiger partial charge on any atom is 0.416 e. The molecule has 15 nitrogen and oxygen atoms in total. The molecular weight excluding hydrogens is 814 g/mol. The molecule has 4 aromatic heterocycles. The Morgan fingerprint density at radius 1 is 0.623 bits per heavy atom. The maximum absolute atomic E-state index is 13.0. The number of rotatable bonds is 5. The van der Waals surface area contributed by atoms with Gasteiger partial charge in [-0.3, -0.25) is 24.4 Å². The number of H-pyrrole nitrogens is 2. The minimum Gasteiger partial charge on any atom is -0.476 e. The first-order valence-electron chi connectivity index (χ1n) is 17.2. The van der Waals surface area contributed by atoms with E-state index < -0.39 is 46.5 Å². The molecule has 6 N–H and O–H groups in total. The third kappa shape index (κ3) is 10.2. The first-order chi connectivity index (χ1) is 29.0. The third-order valence-corrected chi connectivity index (χ3v) is 8.26. The van der Waals surface area contributed by atoms with E-state index in [1.54, 1.807) is 24.3 Å². The third-order valence-electron chi connectivity index (χ3n) is 8.26. The molecule has 21 heteroatoms. The quantitative estimate of drug-likeness (QED) is 0.0869. The van der Waals surface area contributed by atoms with Crippen LogP contribution < -0.4 is 22.2 Å². The number of para-hydroxylation sites is 2. The fourth-order valence-corrected chi connectivity index (χ4v) is 5.42. The van der Waals surface area contributed by atoms with Crippen LogP contribution in [0.1, 0.15) is 32.1 Å². The van der Waals surface area contributed by atoms with Gasteiger partial charge in [0.25, 0.3) is 17.0 Å². The summed E-state index contributed by atoms with van der Waals surface area (Å²) < 4.78 is 77.4. The highest BCUT2D eigenvalue weighted by atomic mass is 19.4. The molecule has 308 valence electrons. The molecule has 8 rings (SSSR count). The molecule has 0 radical (unpaired) electrons. The van der Waals surface area contributed by atoms with Crippen molar-refractivity contribution < 1.29 is 41.0 Å². The number of carboxylic acid groups (broad SMARTS) is 1. The number of nitrogens with two attached hydrogens (primary N) is 1. The summed E-state index contributed by atoms with van der Waals surface area (Å²) in [6.07, 6.45) is -1.01. The zero-order chi connectivity index (χ0) is 43.9. The van der Waals surface area contributed by atoms with Gasteiger partial charge >= 0.3 is 18.3 Å². The molecule has 0 fully saturated rings. The van der Waals surface area contributed by atoms with Gasteiger partial charge < -0.3 is 26.1 Å². The van der Waals surface area contributed by atoms with Gasteiger partial charge in [0.1, 0.15) is 28.4 Å². The van der Waals surface area contributed by atoms with Crippen LogP contribution in [0, 0.1) is 0 Å². The number of carbonyl (C=O) groups is 2. The predicted molar refractivity (Wildman–Crippen MR) is 209 cm³/mol. The molecule has 0 saturated carbocycles. The molecule has 0 aliphatic heterocycles. The van der Waals surface area contributed by atoms with E-state index in [0.29, 0.717) is 0 Å². The molecular formula is C40H26F6N10O5. The highest BCUT2D eigenvalue weighted by Gasteiger charge is 2.31. The van der Waals surface area contributed by atoms with Gasteiger partial charge in [-0.1, -0.05) is 36.4 Å². The number of hydrogen-bond acceptors (Lipinski definition) is 11. The number of aromatic nitrogens is 8. The fraction of sp³-hybridized carbons (Fsp3) is 0.0500. The number of alkyl halides is 6. The van der Waals surface area contributed by atoms with E-state index in [0.717, 1.165) is 24.3 Å². The van der Waals surface area contributed by atoms with Crippen LogP contribution in [0.5, 0.6) is 0 Å². The van der Waals surface area contributed by atoms with Gasteiger partial charge in [-0.2, -0.15) is 26.3 Å². The number of halogens is 6. The van der Waals surface area contributed by atoms with Gasteiger partial charge in [0.15, 0.2) is 5.69 Å². The van der Waals surface area contributed by atoms with Gasteiger partial charge in [0.2, 0.25) is 0 Å². The highest BCUT2D eigenvalue weighted by Crippen LogP contribution is 2.33. The topological polar surface area (TPSA) is 235 Å². The first-order valence-corrected chi connectivity index (χ1v) is 17.2. The van der Waals surface area contributed by atoms with Crippen LogP contribution in [-0.2, 0) is 12.4 Å². The molecule has 0 bridgehead atoms. The normalized spacial score (nSPS) is 11.2. The summed E-state index contributed by atoms with van der Waals surface area (Å²) in [4.78, 5) is 75.3. The summed E-state index contributed by atoms with van der Waals surface area (Å²) in [5.41, 5.74) is 4.25. The molecule has 0 spiro atoms. The van der Waals surface area contributed by atoms with E-state index in [4.69, 9.17) is 10.8 Å². The average Bonchev–Trinajstić information content (AvgIpc) is 3.25. The number of nitrogens with one attached hydrogen (secondary N) is 3. The number of fused-ring (bicyclic) bond motifs is 2. The standard InChI is InChI=1S/C20H12F3N5O2.C15H10F3N3O.C5H4N2O2/c21-20(22,23)12-4-1-3-11(9-12)17-27-16-13(18(29)28-17)5-2-6-14(16)26-19(30)15-10-24-7-8-25-15;16-15(17,18)9-4-1-3-8(7-9)13-20-12-10(14(22)21-13)5-2-6-11(12)19;8-5(9)4-3-6-1-2-7-4/h1-10H,(H,26,30)(H,27,28,29);1-7H,19H2,(H,20,21,22);1-3H,(H,8,9). The van der Waals surface area contributed by atoms with E-state index >= 15 is 0 Å². The smallest absolute Gasteiger partial charge is 0.416 e. The van der Waals surface area contributed by atoms with Crippen molar-refractivity contribution in [3.63, 3.8) is 0 Å². The van der Waals surface area contributed by atoms with Gasteiger partial charge in [-0.25, -0.2) is 24.7 Å². The minimum absolute atomic E-state index is 0.0301. The molecule has 61 heavy (non-hydrogen) atoms. The summed E-state index contributed by atoms with van der Waals surface area (Å²) >= 11 is 0.